The monoisotopic (exact) mass is 286 g/mol. The van der Waals surface area contributed by atoms with E-state index in [1.54, 1.807) is 0 Å². The van der Waals surface area contributed by atoms with Gasteiger partial charge in [0.05, 0.1) is 29.2 Å². The number of rotatable bonds is 4. The fourth-order valence-electron chi connectivity index (χ4n) is 3.07. The molecule has 5 nitrogen and oxygen atoms in total. The largest absolute Gasteiger partial charge is 0.388 e. The van der Waals surface area contributed by atoms with Gasteiger partial charge in [-0.05, 0) is 38.8 Å². The first kappa shape index (κ1) is 14.2. The van der Waals surface area contributed by atoms with E-state index in [9.17, 15) is 5.11 Å². The summed E-state index contributed by atoms with van der Waals surface area (Å²) in [6.07, 6.45) is 7.01. The molecule has 0 amide bonds. The zero-order valence-corrected chi connectivity index (χ0v) is 12.7. The molecule has 0 aliphatic heterocycles. The lowest BCUT2D eigenvalue weighted by Crippen LogP contribution is -2.09. The van der Waals surface area contributed by atoms with Gasteiger partial charge in [0, 0.05) is 18.2 Å². The lowest BCUT2D eigenvalue weighted by atomic mass is 10.0. The normalized spacial score (nSPS) is 17.3. The summed E-state index contributed by atoms with van der Waals surface area (Å²) in [5, 5.41) is 23.1. The molecule has 21 heavy (non-hydrogen) atoms. The summed E-state index contributed by atoms with van der Waals surface area (Å²) in [5.74, 6) is 0. The van der Waals surface area contributed by atoms with Crippen molar-refractivity contribution in [1.82, 2.24) is 20.0 Å². The summed E-state index contributed by atoms with van der Waals surface area (Å²) < 4.78 is 2.07. The highest BCUT2D eigenvalue weighted by molar-refractivity contribution is 5.23. The quantitative estimate of drug-likeness (QED) is 0.938. The van der Waals surface area contributed by atoms with Crippen molar-refractivity contribution in [3.8, 4) is 0 Å². The summed E-state index contributed by atoms with van der Waals surface area (Å²) >= 11 is 0. The zero-order chi connectivity index (χ0) is 14.8. The lowest BCUT2D eigenvalue weighted by Gasteiger charge is -2.12. The standard InChI is InChI=1S/C16H22N4O/c1-11-9-15(12(2)18-17-11)16(21)10-13-7-8-20(19-13)14-5-3-4-6-14/h7-9,14,16,21H,3-6,10H2,1-2H3. The van der Waals surface area contributed by atoms with Crippen molar-refractivity contribution in [2.45, 2.75) is 58.1 Å². The third kappa shape index (κ3) is 3.13. The van der Waals surface area contributed by atoms with E-state index in [0.717, 1.165) is 22.6 Å². The van der Waals surface area contributed by atoms with E-state index in [-0.39, 0.29) is 0 Å². The predicted octanol–water partition coefficient (Wildman–Crippen LogP) is 2.68. The van der Waals surface area contributed by atoms with E-state index in [0.29, 0.717) is 12.5 Å². The van der Waals surface area contributed by atoms with Crippen LogP contribution >= 0.6 is 0 Å². The van der Waals surface area contributed by atoms with Crippen molar-refractivity contribution in [2.24, 2.45) is 0 Å². The Hall–Kier alpha value is -1.75. The van der Waals surface area contributed by atoms with Gasteiger partial charge in [-0.15, -0.1) is 0 Å². The van der Waals surface area contributed by atoms with Crippen LogP contribution < -0.4 is 0 Å². The molecule has 2 aromatic rings. The smallest absolute Gasteiger partial charge is 0.0864 e. The highest BCUT2D eigenvalue weighted by atomic mass is 16.3. The summed E-state index contributed by atoms with van der Waals surface area (Å²) in [5.41, 5.74) is 3.38. The fraction of sp³-hybridized carbons (Fsp3) is 0.562. The second-order valence-electron chi connectivity index (χ2n) is 5.97. The molecule has 112 valence electrons. The predicted molar refractivity (Wildman–Crippen MR) is 79.9 cm³/mol. The molecule has 2 aromatic heterocycles. The lowest BCUT2D eigenvalue weighted by molar-refractivity contribution is 0.175. The molecule has 0 radical (unpaired) electrons. The van der Waals surface area contributed by atoms with E-state index in [1.165, 1.54) is 25.7 Å². The molecule has 1 unspecified atom stereocenters. The third-order valence-corrected chi connectivity index (χ3v) is 4.26. The number of aliphatic hydroxyl groups is 1. The van der Waals surface area contributed by atoms with Gasteiger partial charge in [-0.3, -0.25) is 4.68 Å². The second-order valence-corrected chi connectivity index (χ2v) is 5.97. The molecule has 1 aliphatic rings. The minimum atomic E-state index is -0.578. The Balaban J connectivity index is 1.72. The van der Waals surface area contributed by atoms with Crippen molar-refractivity contribution in [2.75, 3.05) is 0 Å². The molecule has 5 heteroatoms. The van der Waals surface area contributed by atoms with Gasteiger partial charge in [0.25, 0.3) is 0 Å². The topological polar surface area (TPSA) is 63.8 Å². The molecule has 1 N–H and O–H groups in total. The van der Waals surface area contributed by atoms with Gasteiger partial charge in [0.2, 0.25) is 0 Å². The second kappa shape index (κ2) is 5.93. The molecule has 0 bridgehead atoms. The van der Waals surface area contributed by atoms with Gasteiger partial charge in [0.15, 0.2) is 0 Å². The van der Waals surface area contributed by atoms with Gasteiger partial charge < -0.3 is 5.11 Å². The highest BCUT2D eigenvalue weighted by Gasteiger charge is 2.19. The molecular weight excluding hydrogens is 264 g/mol. The molecule has 0 spiro atoms. The van der Waals surface area contributed by atoms with Gasteiger partial charge in [-0.2, -0.15) is 15.3 Å². The van der Waals surface area contributed by atoms with E-state index >= 15 is 0 Å². The van der Waals surface area contributed by atoms with Crippen LogP contribution in [0.15, 0.2) is 18.3 Å². The summed E-state index contributed by atoms with van der Waals surface area (Å²) in [6.45, 7) is 3.76. The molecule has 1 saturated carbocycles. The van der Waals surface area contributed by atoms with E-state index < -0.39 is 6.10 Å². The Bertz CT molecular complexity index is 616. The molecule has 1 aliphatic carbocycles. The van der Waals surface area contributed by atoms with Crippen molar-refractivity contribution in [3.05, 3.63) is 41.0 Å². The van der Waals surface area contributed by atoms with Crippen molar-refractivity contribution >= 4 is 0 Å². The Morgan fingerprint density at radius 3 is 2.81 bits per heavy atom. The first-order chi connectivity index (χ1) is 10.1. The minimum absolute atomic E-state index is 0.520. The van der Waals surface area contributed by atoms with Crippen LogP contribution in [0.5, 0.6) is 0 Å². The molecule has 1 atom stereocenters. The first-order valence-electron chi connectivity index (χ1n) is 7.66. The molecule has 1 fully saturated rings. The van der Waals surface area contributed by atoms with E-state index in [2.05, 4.69) is 20.0 Å². The number of aromatic nitrogens is 4. The minimum Gasteiger partial charge on any atom is -0.388 e. The SMILES string of the molecule is Cc1cc(C(O)Cc2ccn(C3CCCC3)n2)c(C)nn1. The van der Waals surface area contributed by atoms with Crippen LogP contribution in [0.4, 0.5) is 0 Å². The van der Waals surface area contributed by atoms with Crippen LogP contribution in [0.2, 0.25) is 0 Å². The number of hydrogen-bond acceptors (Lipinski definition) is 4. The van der Waals surface area contributed by atoms with Crippen LogP contribution in [-0.4, -0.2) is 25.1 Å². The van der Waals surface area contributed by atoms with Crippen LogP contribution in [0, 0.1) is 13.8 Å². The average Bonchev–Trinajstić information content (AvgIpc) is 3.11. The van der Waals surface area contributed by atoms with Crippen molar-refractivity contribution in [1.29, 1.82) is 0 Å². The zero-order valence-electron chi connectivity index (χ0n) is 12.7. The summed E-state index contributed by atoms with van der Waals surface area (Å²) in [6, 6.07) is 4.46. The molecule has 0 saturated heterocycles. The maximum Gasteiger partial charge on any atom is 0.0864 e. The Labute approximate surface area is 125 Å². The molecular formula is C16H22N4O. The first-order valence-corrected chi connectivity index (χ1v) is 7.66. The van der Waals surface area contributed by atoms with Gasteiger partial charge in [-0.25, -0.2) is 0 Å². The average molecular weight is 286 g/mol. The van der Waals surface area contributed by atoms with Gasteiger partial charge in [0.1, 0.15) is 0 Å². The summed E-state index contributed by atoms with van der Waals surface area (Å²) in [4.78, 5) is 0. The van der Waals surface area contributed by atoms with Crippen LogP contribution in [0.25, 0.3) is 0 Å². The summed E-state index contributed by atoms with van der Waals surface area (Å²) in [7, 11) is 0. The Kier molecular flexibility index (Phi) is 4.01. The fourth-order valence-corrected chi connectivity index (χ4v) is 3.07. The van der Waals surface area contributed by atoms with Crippen LogP contribution in [0.3, 0.4) is 0 Å². The number of aryl methyl sites for hydroxylation is 2. The van der Waals surface area contributed by atoms with Crippen LogP contribution in [0.1, 0.15) is 60.5 Å². The number of nitrogens with zero attached hydrogens (tertiary/aromatic N) is 4. The van der Waals surface area contributed by atoms with E-state index in [4.69, 9.17) is 0 Å². The highest BCUT2D eigenvalue weighted by Crippen LogP contribution is 2.29. The maximum absolute atomic E-state index is 10.4. The third-order valence-electron chi connectivity index (χ3n) is 4.26. The van der Waals surface area contributed by atoms with Crippen molar-refractivity contribution in [3.63, 3.8) is 0 Å². The Morgan fingerprint density at radius 1 is 1.29 bits per heavy atom. The molecule has 3 rings (SSSR count). The van der Waals surface area contributed by atoms with Crippen molar-refractivity contribution < 1.29 is 5.11 Å². The maximum atomic E-state index is 10.4. The number of hydrogen-bond donors (Lipinski definition) is 1. The van der Waals surface area contributed by atoms with E-state index in [1.807, 2.05) is 32.2 Å². The van der Waals surface area contributed by atoms with Gasteiger partial charge >= 0.3 is 0 Å². The molecule has 2 heterocycles. The Morgan fingerprint density at radius 2 is 2.05 bits per heavy atom. The van der Waals surface area contributed by atoms with Gasteiger partial charge in [-0.1, -0.05) is 12.8 Å². The number of aliphatic hydroxyl groups excluding tert-OH is 1. The molecule has 0 aromatic carbocycles. The van der Waals surface area contributed by atoms with Crippen LogP contribution in [-0.2, 0) is 6.42 Å².